The van der Waals surface area contributed by atoms with Gasteiger partial charge in [0.05, 0.1) is 12.2 Å². The van der Waals surface area contributed by atoms with Crippen molar-refractivity contribution in [2.45, 2.75) is 63.7 Å². The van der Waals surface area contributed by atoms with Crippen LogP contribution < -0.4 is 0 Å². The second kappa shape index (κ2) is 7.34. The summed E-state index contributed by atoms with van der Waals surface area (Å²) in [5, 5.41) is 6.89. The number of H-pyrrole nitrogens is 1. The molecule has 2 heterocycles. The number of carbonyl (C=O) groups excluding carboxylic acids is 1. The Bertz CT molecular complexity index is 439. The van der Waals surface area contributed by atoms with Crippen LogP contribution in [-0.4, -0.2) is 38.0 Å². The number of piperidine rings is 1. The molecule has 1 aliphatic rings. The van der Waals surface area contributed by atoms with Gasteiger partial charge in [0.15, 0.2) is 0 Å². The fourth-order valence-corrected chi connectivity index (χ4v) is 3.67. The van der Waals surface area contributed by atoms with Crippen LogP contribution in [0.3, 0.4) is 0 Å². The molecule has 118 valence electrons. The Morgan fingerprint density at radius 3 is 2.95 bits per heavy atom. The van der Waals surface area contributed by atoms with Crippen molar-refractivity contribution in [3.8, 4) is 0 Å². The van der Waals surface area contributed by atoms with Crippen molar-refractivity contribution < 1.29 is 4.79 Å². The average Bonchev–Trinajstić information content (AvgIpc) is 2.96. The lowest BCUT2D eigenvalue weighted by Gasteiger charge is -2.35. The SMILES string of the molecule is CC(C)(C)SCCCC(=O)N1CCCCC1c1cn[nH]c1. The Balaban J connectivity index is 1.85. The summed E-state index contributed by atoms with van der Waals surface area (Å²) in [7, 11) is 0. The molecule has 1 unspecified atom stereocenters. The first-order chi connectivity index (χ1) is 9.97. The minimum absolute atomic E-state index is 0.222. The minimum Gasteiger partial charge on any atom is -0.336 e. The van der Waals surface area contributed by atoms with Crippen molar-refractivity contribution in [1.82, 2.24) is 15.1 Å². The highest BCUT2D eigenvalue weighted by molar-refractivity contribution is 8.00. The van der Waals surface area contributed by atoms with E-state index in [2.05, 4.69) is 35.9 Å². The van der Waals surface area contributed by atoms with Crippen LogP contribution in [0, 0.1) is 0 Å². The van der Waals surface area contributed by atoms with Crippen LogP contribution in [0.2, 0.25) is 0 Å². The summed E-state index contributed by atoms with van der Waals surface area (Å²) < 4.78 is 0.285. The zero-order valence-corrected chi connectivity index (χ0v) is 14.2. The van der Waals surface area contributed by atoms with E-state index in [9.17, 15) is 4.79 Å². The summed E-state index contributed by atoms with van der Waals surface area (Å²) in [4.78, 5) is 14.6. The molecule has 1 N–H and O–H groups in total. The number of hydrogen-bond acceptors (Lipinski definition) is 3. The van der Waals surface area contributed by atoms with Gasteiger partial charge in [-0.25, -0.2) is 0 Å². The molecule has 0 saturated carbocycles. The maximum absolute atomic E-state index is 12.5. The van der Waals surface area contributed by atoms with E-state index in [1.54, 1.807) is 0 Å². The van der Waals surface area contributed by atoms with E-state index in [0.29, 0.717) is 12.3 Å². The fraction of sp³-hybridized carbons (Fsp3) is 0.750. The summed E-state index contributed by atoms with van der Waals surface area (Å²) >= 11 is 1.94. The predicted molar refractivity (Wildman–Crippen MR) is 88.3 cm³/mol. The molecule has 0 aliphatic carbocycles. The number of aromatic nitrogens is 2. The van der Waals surface area contributed by atoms with Crippen molar-refractivity contribution in [2.75, 3.05) is 12.3 Å². The first kappa shape index (κ1) is 16.4. The Kier molecular flexibility index (Phi) is 5.73. The maximum atomic E-state index is 12.5. The van der Waals surface area contributed by atoms with Gasteiger partial charge in [-0.3, -0.25) is 9.89 Å². The predicted octanol–water partition coefficient (Wildman–Crippen LogP) is 3.78. The van der Waals surface area contributed by atoms with Crippen molar-refractivity contribution >= 4 is 17.7 Å². The Hall–Kier alpha value is -0.970. The van der Waals surface area contributed by atoms with E-state index < -0.39 is 0 Å². The van der Waals surface area contributed by atoms with Gasteiger partial charge >= 0.3 is 0 Å². The van der Waals surface area contributed by atoms with Crippen molar-refractivity contribution in [3.05, 3.63) is 18.0 Å². The topological polar surface area (TPSA) is 49.0 Å². The molecule has 1 fully saturated rings. The lowest BCUT2D eigenvalue weighted by Crippen LogP contribution is -2.38. The Morgan fingerprint density at radius 1 is 1.48 bits per heavy atom. The van der Waals surface area contributed by atoms with Crippen LogP contribution in [-0.2, 0) is 4.79 Å². The van der Waals surface area contributed by atoms with Gasteiger partial charge < -0.3 is 4.90 Å². The highest BCUT2D eigenvalue weighted by Gasteiger charge is 2.28. The number of amides is 1. The summed E-state index contributed by atoms with van der Waals surface area (Å²) in [6.07, 6.45) is 8.78. The molecule has 0 spiro atoms. The fourth-order valence-electron chi connectivity index (χ4n) is 2.77. The standard InChI is InChI=1S/C16H27N3OS/c1-16(2,3)21-10-6-8-15(20)19-9-5-4-7-14(19)13-11-17-18-12-13/h11-12,14H,4-10H2,1-3H3,(H,17,18). The molecule has 1 aromatic heterocycles. The molecular formula is C16H27N3OS. The van der Waals surface area contributed by atoms with Crippen LogP contribution in [0.1, 0.15) is 64.5 Å². The molecule has 1 amide bonds. The van der Waals surface area contributed by atoms with Crippen LogP contribution >= 0.6 is 11.8 Å². The summed E-state index contributed by atoms with van der Waals surface area (Å²) in [6.45, 7) is 7.55. The van der Waals surface area contributed by atoms with E-state index in [4.69, 9.17) is 0 Å². The molecule has 0 aromatic carbocycles. The minimum atomic E-state index is 0.222. The van der Waals surface area contributed by atoms with Gasteiger partial charge in [-0.05, 0) is 31.4 Å². The van der Waals surface area contributed by atoms with Gasteiger partial charge in [-0.15, -0.1) is 0 Å². The Labute approximate surface area is 132 Å². The monoisotopic (exact) mass is 309 g/mol. The second-order valence-electron chi connectivity index (χ2n) is 6.69. The number of aromatic amines is 1. The average molecular weight is 309 g/mol. The van der Waals surface area contributed by atoms with Gasteiger partial charge in [-0.2, -0.15) is 16.9 Å². The van der Waals surface area contributed by atoms with Gasteiger partial charge in [-0.1, -0.05) is 20.8 Å². The van der Waals surface area contributed by atoms with Crippen LogP contribution in [0.4, 0.5) is 0 Å². The number of likely N-dealkylation sites (tertiary alicyclic amines) is 1. The van der Waals surface area contributed by atoms with E-state index in [1.807, 2.05) is 24.2 Å². The van der Waals surface area contributed by atoms with E-state index >= 15 is 0 Å². The van der Waals surface area contributed by atoms with Crippen LogP contribution in [0.5, 0.6) is 0 Å². The van der Waals surface area contributed by atoms with Crippen LogP contribution in [0.25, 0.3) is 0 Å². The summed E-state index contributed by atoms with van der Waals surface area (Å²) in [6, 6.07) is 0.222. The highest BCUT2D eigenvalue weighted by Crippen LogP contribution is 2.31. The molecular weight excluding hydrogens is 282 g/mol. The third kappa shape index (κ3) is 5.06. The molecule has 0 radical (unpaired) electrons. The molecule has 5 heteroatoms. The number of rotatable bonds is 5. The van der Waals surface area contributed by atoms with Gasteiger partial charge in [0, 0.05) is 29.5 Å². The molecule has 1 saturated heterocycles. The van der Waals surface area contributed by atoms with Crippen molar-refractivity contribution in [2.24, 2.45) is 0 Å². The van der Waals surface area contributed by atoms with Crippen molar-refractivity contribution in [1.29, 1.82) is 0 Å². The largest absolute Gasteiger partial charge is 0.336 e. The van der Waals surface area contributed by atoms with Crippen LogP contribution in [0.15, 0.2) is 12.4 Å². The lowest BCUT2D eigenvalue weighted by molar-refractivity contribution is -0.135. The molecule has 1 aromatic rings. The number of hydrogen-bond donors (Lipinski definition) is 1. The smallest absolute Gasteiger partial charge is 0.223 e. The molecule has 21 heavy (non-hydrogen) atoms. The number of carbonyl (C=O) groups is 1. The highest BCUT2D eigenvalue weighted by atomic mass is 32.2. The zero-order valence-electron chi connectivity index (χ0n) is 13.4. The molecule has 1 aliphatic heterocycles. The normalized spacial score (nSPS) is 19.8. The molecule has 0 bridgehead atoms. The quantitative estimate of drug-likeness (QED) is 0.842. The first-order valence-electron chi connectivity index (χ1n) is 7.89. The molecule has 1 atom stereocenters. The number of nitrogens with zero attached hydrogens (tertiary/aromatic N) is 2. The van der Waals surface area contributed by atoms with Gasteiger partial charge in [0.2, 0.25) is 5.91 Å². The zero-order chi connectivity index (χ0) is 15.3. The summed E-state index contributed by atoms with van der Waals surface area (Å²) in [5.74, 6) is 1.36. The van der Waals surface area contributed by atoms with Crippen molar-refractivity contribution in [3.63, 3.8) is 0 Å². The van der Waals surface area contributed by atoms with Gasteiger partial charge in [0.25, 0.3) is 0 Å². The van der Waals surface area contributed by atoms with E-state index in [-0.39, 0.29) is 10.8 Å². The lowest BCUT2D eigenvalue weighted by atomic mass is 9.97. The second-order valence-corrected chi connectivity index (χ2v) is 8.62. The molecule has 2 rings (SSSR count). The van der Waals surface area contributed by atoms with Gasteiger partial charge in [0.1, 0.15) is 0 Å². The van der Waals surface area contributed by atoms with E-state index in [0.717, 1.165) is 37.1 Å². The number of nitrogens with one attached hydrogen (secondary N) is 1. The third-order valence-electron chi connectivity index (χ3n) is 3.80. The maximum Gasteiger partial charge on any atom is 0.223 e. The van der Waals surface area contributed by atoms with E-state index in [1.165, 1.54) is 6.42 Å². The summed E-state index contributed by atoms with van der Waals surface area (Å²) in [5.41, 5.74) is 1.15. The Morgan fingerprint density at radius 2 is 2.29 bits per heavy atom. The first-order valence-corrected chi connectivity index (χ1v) is 8.88. The number of thioether (sulfide) groups is 1. The third-order valence-corrected chi connectivity index (χ3v) is 5.16. The molecule has 4 nitrogen and oxygen atoms in total.